The van der Waals surface area contributed by atoms with Gasteiger partial charge in [-0.25, -0.2) is 0 Å². The first-order valence-corrected chi connectivity index (χ1v) is 6.97. The van der Waals surface area contributed by atoms with Crippen LogP contribution >= 0.6 is 0 Å². The molecular weight excluding hydrogens is 244 g/mol. The molecule has 1 atom stereocenters. The first kappa shape index (κ1) is 15.9. The van der Waals surface area contributed by atoms with Gasteiger partial charge >= 0.3 is 0 Å². The lowest BCUT2D eigenvalue weighted by Gasteiger charge is -2.37. The van der Waals surface area contributed by atoms with Crippen LogP contribution < -0.4 is 16.4 Å². The quantitative estimate of drug-likeness (QED) is 0.604. The molecule has 1 heterocycles. The molecule has 0 aromatic rings. The Morgan fingerprint density at radius 3 is 2.37 bits per heavy atom. The van der Waals surface area contributed by atoms with Crippen LogP contribution in [0.1, 0.15) is 33.6 Å². The molecule has 0 aromatic carbocycles. The van der Waals surface area contributed by atoms with Crippen LogP contribution in [0.25, 0.3) is 0 Å². The van der Waals surface area contributed by atoms with Crippen LogP contribution in [0.5, 0.6) is 0 Å². The molecule has 6 nitrogen and oxygen atoms in total. The van der Waals surface area contributed by atoms with Crippen molar-refractivity contribution >= 4 is 11.8 Å². The summed E-state index contributed by atoms with van der Waals surface area (Å²) in [6.45, 7) is 7.65. The third-order valence-electron chi connectivity index (χ3n) is 3.42. The van der Waals surface area contributed by atoms with E-state index in [2.05, 4.69) is 10.6 Å². The van der Waals surface area contributed by atoms with Gasteiger partial charge in [0, 0.05) is 12.1 Å². The molecule has 4 N–H and O–H groups in total. The summed E-state index contributed by atoms with van der Waals surface area (Å²) in [5.74, 6) is -0.433. The summed E-state index contributed by atoms with van der Waals surface area (Å²) in [6.07, 6.45) is 1.87. The lowest BCUT2D eigenvalue weighted by molar-refractivity contribution is -0.129. The Hall–Kier alpha value is -1.14. The Morgan fingerprint density at radius 2 is 1.89 bits per heavy atom. The number of nitrogens with zero attached hydrogens (tertiary/aromatic N) is 1. The molecule has 0 spiro atoms. The number of hydrogen-bond acceptors (Lipinski definition) is 4. The predicted octanol–water partition coefficient (Wildman–Crippen LogP) is -0.561. The minimum atomic E-state index is -0.386. The monoisotopic (exact) mass is 270 g/mol. The summed E-state index contributed by atoms with van der Waals surface area (Å²) in [5, 5.41) is 6.17. The molecule has 1 aliphatic rings. The maximum Gasteiger partial charge on any atom is 0.237 e. The average Bonchev–Trinajstić information content (AvgIpc) is 2.35. The number of hydrogen-bond donors (Lipinski definition) is 3. The highest BCUT2D eigenvalue weighted by molar-refractivity contribution is 5.83. The number of rotatable bonds is 6. The highest BCUT2D eigenvalue weighted by Gasteiger charge is 2.30. The van der Waals surface area contributed by atoms with Crippen molar-refractivity contribution in [2.24, 2.45) is 5.73 Å². The van der Waals surface area contributed by atoms with E-state index >= 15 is 0 Å². The zero-order valence-electron chi connectivity index (χ0n) is 12.1. The second-order valence-corrected chi connectivity index (χ2v) is 5.46. The molecule has 1 unspecified atom stereocenters. The molecule has 6 heteroatoms. The second-order valence-electron chi connectivity index (χ2n) is 5.46. The molecule has 1 aliphatic heterocycles. The lowest BCUT2D eigenvalue weighted by atomic mass is 10.0. The van der Waals surface area contributed by atoms with Gasteiger partial charge in [-0.05, 0) is 46.7 Å². The standard InChI is InChI=1S/C13H26N4O2/c1-9(2)16-13(19)10(3)17(8-12(14)18)11-4-6-15-7-5-11/h9-11,15H,4-8H2,1-3H3,(H2,14,18)(H,16,19). The van der Waals surface area contributed by atoms with Crippen molar-refractivity contribution in [3.05, 3.63) is 0 Å². The van der Waals surface area contributed by atoms with E-state index in [1.807, 2.05) is 25.7 Å². The van der Waals surface area contributed by atoms with E-state index < -0.39 is 0 Å². The van der Waals surface area contributed by atoms with Crippen LogP contribution in [-0.4, -0.2) is 54.5 Å². The second kappa shape index (κ2) is 7.45. The van der Waals surface area contributed by atoms with E-state index in [0.717, 1.165) is 25.9 Å². The highest BCUT2D eigenvalue weighted by Crippen LogP contribution is 2.15. The van der Waals surface area contributed by atoms with Gasteiger partial charge < -0.3 is 16.4 Å². The van der Waals surface area contributed by atoms with E-state index in [1.54, 1.807) is 0 Å². The molecule has 1 saturated heterocycles. The summed E-state index contributed by atoms with van der Waals surface area (Å²) in [7, 11) is 0. The van der Waals surface area contributed by atoms with Crippen LogP contribution in [-0.2, 0) is 9.59 Å². The van der Waals surface area contributed by atoms with Crippen LogP contribution in [0.2, 0.25) is 0 Å². The van der Waals surface area contributed by atoms with Gasteiger partial charge in [0.05, 0.1) is 12.6 Å². The Labute approximate surface area is 115 Å². The van der Waals surface area contributed by atoms with Gasteiger partial charge in [-0.15, -0.1) is 0 Å². The van der Waals surface area contributed by atoms with Gasteiger partial charge in [0.2, 0.25) is 11.8 Å². The zero-order valence-corrected chi connectivity index (χ0v) is 12.1. The maximum absolute atomic E-state index is 12.1. The third-order valence-corrected chi connectivity index (χ3v) is 3.42. The fourth-order valence-electron chi connectivity index (χ4n) is 2.46. The number of nitrogens with one attached hydrogen (secondary N) is 2. The van der Waals surface area contributed by atoms with E-state index in [-0.39, 0.29) is 36.5 Å². The van der Waals surface area contributed by atoms with Crippen LogP contribution in [0.4, 0.5) is 0 Å². The van der Waals surface area contributed by atoms with E-state index in [1.165, 1.54) is 0 Å². The molecule has 1 fully saturated rings. The molecular formula is C13H26N4O2. The molecule has 0 saturated carbocycles. The van der Waals surface area contributed by atoms with Crippen molar-refractivity contribution in [2.75, 3.05) is 19.6 Å². The van der Waals surface area contributed by atoms with Crippen LogP contribution in [0.3, 0.4) is 0 Å². The smallest absolute Gasteiger partial charge is 0.237 e. The minimum Gasteiger partial charge on any atom is -0.369 e. The van der Waals surface area contributed by atoms with Crippen molar-refractivity contribution in [3.63, 3.8) is 0 Å². The molecule has 2 amide bonds. The van der Waals surface area contributed by atoms with Crippen molar-refractivity contribution in [2.45, 2.75) is 51.7 Å². The van der Waals surface area contributed by atoms with Gasteiger partial charge in [0.25, 0.3) is 0 Å². The van der Waals surface area contributed by atoms with Crippen LogP contribution in [0, 0.1) is 0 Å². The van der Waals surface area contributed by atoms with Crippen LogP contribution in [0.15, 0.2) is 0 Å². The Balaban J connectivity index is 2.71. The Morgan fingerprint density at radius 1 is 1.32 bits per heavy atom. The van der Waals surface area contributed by atoms with Crippen molar-refractivity contribution in [3.8, 4) is 0 Å². The Kier molecular flexibility index (Phi) is 6.24. The molecule has 0 radical (unpaired) electrons. The number of carbonyl (C=O) groups excluding carboxylic acids is 2. The average molecular weight is 270 g/mol. The zero-order chi connectivity index (χ0) is 14.4. The number of carbonyl (C=O) groups is 2. The molecule has 0 aliphatic carbocycles. The number of nitrogens with two attached hydrogens (primary N) is 1. The SMILES string of the molecule is CC(C)NC(=O)C(C)N(CC(N)=O)C1CCNCC1. The highest BCUT2D eigenvalue weighted by atomic mass is 16.2. The summed E-state index contributed by atoms with van der Waals surface area (Å²) in [5.41, 5.74) is 5.31. The molecule has 0 bridgehead atoms. The largest absolute Gasteiger partial charge is 0.369 e. The van der Waals surface area contributed by atoms with Gasteiger partial charge in [0.1, 0.15) is 0 Å². The van der Waals surface area contributed by atoms with Gasteiger partial charge in [-0.1, -0.05) is 0 Å². The minimum absolute atomic E-state index is 0.0465. The van der Waals surface area contributed by atoms with Gasteiger partial charge in [-0.3, -0.25) is 14.5 Å². The first-order chi connectivity index (χ1) is 8.91. The number of amides is 2. The summed E-state index contributed by atoms with van der Waals surface area (Å²) >= 11 is 0. The topological polar surface area (TPSA) is 87.5 Å². The molecule has 1 rings (SSSR count). The fraction of sp³-hybridized carbons (Fsp3) is 0.846. The van der Waals surface area contributed by atoms with Crippen molar-refractivity contribution < 1.29 is 9.59 Å². The van der Waals surface area contributed by atoms with Crippen molar-refractivity contribution in [1.29, 1.82) is 0 Å². The first-order valence-electron chi connectivity index (χ1n) is 6.97. The third kappa shape index (κ3) is 5.16. The number of piperidine rings is 1. The Bertz CT molecular complexity index is 314. The number of primary amides is 1. The molecule has 110 valence electrons. The summed E-state index contributed by atoms with van der Waals surface area (Å²) in [4.78, 5) is 25.3. The van der Waals surface area contributed by atoms with Gasteiger partial charge in [-0.2, -0.15) is 0 Å². The fourth-order valence-corrected chi connectivity index (χ4v) is 2.46. The normalized spacial score (nSPS) is 18.6. The summed E-state index contributed by atoms with van der Waals surface area (Å²) < 4.78 is 0. The lowest BCUT2D eigenvalue weighted by Crippen LogP contribution is -2.55. The summed E-state index contributed by atoms with van der Waals surface area (Å²) in [6, 6.07) is -0.00179. The van der Waals surface area contributed by atoms with E-state index in [0.29, 0.717) is 0 Å². The van der Waals surface area contributed by atoms with Crippen molar-refractivity contribution in [1.82, 2.24) is 15.5 Å². The maximum atomic E-state index is 12.1. The molecule has 19 heavy (non-hydrogen) atoms. The molecule has 0 aromatic heterocycles. The van der Waals surface area contributed by atoms with E-state index in [9.17, 15) is 9.59 Å². The van der Waals surface area contributed by atoms with Gasteiger partial charge in [0.15, 0.2) is 0 Å². The predicted molar refractivity (Wildman–Crippen MR) is 74.5 cm³/mol. The van der Waals surface area contributed by atoms with E-state index in [4.69, 9.17) is 5.73 Å².